The highest BCUT2D eigenvalue weighted by molar-refractivity contribution is 8.00. The molecule has 30 heavy (non-hydrogen) atoms. The summed E-state index contributed by atoms with van der Waals surface area (Å²) >= 11 is 1.41. The summed E-state index contributed by atoms with van der Waals surface area (Å²) in [5, 5.41) is 5.43. The number of nitrogens with one attached hydrogen (secondary N) is 2. The molecule has 4 rings (SSSR count). The molecule has 6 nitrogen and oxygen atoms in total. The Labute approximate surface area is 177 Å². The van der Waals surface area contributed by atoms with Gasteiger partial charge in [0.1, 0.15) is 0 Å². The lowest BCUT2D eigenvalue weighted by molar-refractivity contribution is -0.119. The molecule has 0 atom stereocenters. The minimum Gasteiger partial charge on any atom is -0.452 e. The average Bonchev–Trinajstić information content (AvgIpc) is 2.78. The van der Waals surface area contributed by atoms with Crippen LogP contribution in [-0.4, -0.2) is 30.1 Å². The summed E-state index contributed by atoms with van der Waals surface area (Å²) in [6.07, 6.45) is 0. The molecule has 0 spiro atoms. The van der Waals surface area contributed by atoms with Crippen molar-refractivity contribution in [2.75, 3.05) is 23.0 Å². The molecular formula is C23H18N2O4S. The van der Waals surface area contributed by atoms with Crippen LogP contribution in [0.4, 0.5) is 11.4 Å². The highest BCUT2D eigenvalue weighted by atomic mass is 32.2. The van der Waals surface area contributed by atoms with Gasteiger partial charge in [-0.3, -0.25) is 9.59 Å². The molecule has 3 aromatic carbocycles. The fourth-order valence-electron chi connectivity index (χ4n) is 3.00. The first-order chi connectivity index (χ1) is 14.6. The summed E-state index contributed by atoms with van der Waals surface area (Å²) in [7, 11) is 0. The third kappa shape index (κ3) is 4.69. The second-order valence-electron chi connectivity index (χ2n) is 6.62. The van der Waals surface area contributed by atoms with E-state index in [1.807, 2.05) is 42.5 Å². The molecule has 7 heteroatoms. The Bertz CT molecular complexity index is 1100. The Kier molecular flexibility index (Phi) is 5.81. The standard InChI is InChI=1S/C23H18N2O4S/c26-21(24-18-9-6-16(7-10-18)15-4-2-1-3-5-15)13-29-23(28)17-8-11-20-19(12-17)25-22(27)14-30-20/h1-12H,13-14H2,(H,24,26)(H,25,27). The zero-order valence-electron chi connectivity index (χ0n) is 15.9. The van der Waals surface area contributed by atoms with Crippen molar-refractivity contribution in [3.63, 3.8) is 0 Å². The van der Waals surface area contributed by atoms with Crippen LogP contribution in [0.1, 0.15) is 10.4 Å². The van der Waals surface area contributed by atoms with Crippen LogP contribution in [0.15, 0.2) is 77.7 Å². The number of esters is 1. The summed E-state index contributed by atoms with van der Waals surface area (Å²) < 4.78 is 5.10. The van der Waals surface area contributed by atoms with Crippen LogP contribution in [0.25, 0.3) is 11.1 Å². The summed E-state index contributed by atoms with van der Waals surface area (Å²) in [5.41, 5.74) is 3.59. The zero-order chi connectivity index (χ0) is 20.9. The number of hydrogen-bond donors (Lipinski definition) is 2. The molecule has 0 aromatic heterocycles. The highest BCUT2D eigenvalue weighted by Crippen LogP contribution is 2.32. The smallest absolute Gasteiger partial charge is 0.338 e. The molecule has 0 unspecified atom stereocenters. The maximum absolute atomic E-state index is 12.2. The summed E-state index contributed by atoms with van der Waals surface area (Å²) in [6.45, 7) is -0.405. The minimum atomic E-state index is -0.628. The van der Waals surface area contributed by atoms with Crippen LogP contribution in [0.2, 0.25) is 0 Å². The van der Waals surface area contributed by atoms with Crippen LogP contribution < -0.4 is 10.6 Å². The first-order valence-corrected chi connectivity index (χ1v) is 10.3. The summed E-state index contributed by atoms with van der Waals surface area (Å²) in [4.78, 5) is 36.8. The molecule has 0 saturated carbocycles. The SMILES string of the molecule is O=C(COC(=O)c1ccc2c(c1)NC(=O)CS2)Nc1ccc(-c2ccccc2)cc1. The lowest BCUT2D eigenvalue weighted by Crippen LogP contribution is -2.21. The van der Waals surface area contributed by atoms with E-state index in [1.165, 1.54) is 11.8 Å². The van der Waals surface area contributed by atoms with E-state index in [9.17, 15) is 14.4 Å². The topological polar surface area (TPSA) is 84.5 Å². The molecule has 2 amide bonds. The van der Waals surface area contributed by atoms with Crippen molar-refractivity contribution >= 4 is 40.9 Å². The maximum atomic E-state index is 12.2. The second-order valence-corrected chi connectivity index (χ2v) is 7.63. The van der Waals surface area contributed by atoms with Crippen LogP contribution in [0.3, 0.4) is 0 Å². The van der Waals surface area contributed by atoms with Crippen LogP contribution in [0, 0.1) is 0 Å². The molecule has 150 valence electrons. The van der Waals surface area contributed by atoms with Crippen molar-refractivity contribution in [2.24, 2.45) is 0 Å². The third-order valence-electron chi connectivity index (χ3n) is 4.46. The number of carbonyl (C=O) groups excluding carboxylic acids is 3. The fourth-order valence-corrected chi connectivity index (χ4v) is 3.79. The van der Waals surface area contributed by atoms with Gasteiger partial charge in [-0.15, -0.1) is 11.8 Å². The first kappa shape index (κ1) is 19.7. The Morgan fingerprint density at radius 2 is 1.70 bits per heavy atom. The predicted molar refractivity (Wildman–Crippen MR) is 117 cm³/mol. The number of fused-ring (bicyclic) bond motifs is 1. The number of rotatable bonds is 5. The minimum absolute atomic E-state index is 0.115. The van der Waals surface area contributed by atoms with Gasteiger partial charge in [0.25, 0.3) is 5.91 Å². The van der Waals surface area contributed by atoms with E-state index in [2.05, 4.69) is 10.6 Å². The number of thioether (sulfide) groups is 1. The Balaban J connectivity index is 1.32. The molecule has 0 aliphatic carbocycles. The summed E-state index contributed by atoms with van der Waals surface area (Å²) in [5.74, 6) is -0.825. The van der Waals surface area contributed by atoms with Gasteiger partial charge in [-0.25, -0.2) is 4.79 Å². The Hall–Kier alpha value is -3.58. The van der Waals surface area contributed by atoms with E-state index in [1.54, 1.807) is 30.3 Å². The van der Waals surface area contributed by atoms with Gasteiger partial charge in [-0.1, -0.05) is 42.5 Å². The quantitative estimate of drug-likeness (QED) is 0.607. The highest BCUT2D eigenvalue weighted by Gasteiger charge is 2.18. The molecule has 3 aromatic rings. The van der Waals surface area contributed by atoms with Gasteiger partial charge in [0.15, 0.2) is 6.61 Å². The maximum Gasteiger partial charge on any atom is 0.338 e. The van der Waals surface area contributed by atoms with Crippen LogP contribution >= 0.6 is 11.8 Å². The monoisotopic (exact) mass is 418 g/mol. The van der Waals surface area contributed by atoms with E-state index in [0.717, 1.165) is 16.0 Å². The molecule has 0 bridgehead atoms. The Morgan fingerprint density at radius 1 is 0.967 bits per heavy atom. The molecule has 0 radical (unpaired) electrons. The molecule has 1 heterocycles. The van der Waals surface area contributed by atoms with Crippen molar-refractivity contribution in [3.8, 4) is 11.1 Å². The number of hydrogen-bond acceptors (Lipinski definition) is 5. The van der Waals surface area contributed by atoms with Gasteiger partial charge < -0.3 is 15.4 Å². The Morgan fingerprint density at radius 3 is 2.47 bits per heavy atom. The predicted octanol–water partition coefficient (Wildman–Crippen LogP) is 4.19. The van der Waals surface area contributed by atoms with Gasteiger partial charge in [-0.2, -0.15) is 0 Å². The molecule has 0 fully saturated rings. The number of benzene rings is 3. The van der Waals surface area contributed by atoms with Gasteiger partial charge in [0.2, 0.25) is 5.91 Å². The molecule has 2 N–H and O–H groups in total. The number of anilines is 2. The molecule has 1 aliphatic rings. The van der Waals surface area contributed by atoms with E-state index >= 15 is 0 Å². The number of ether oxygens (including phenoxy) is 1. The van der Waals surface area contributed by atoms with Crippen LogP contribution in [0.5, 0.6) is 0 Å². The van der Waals surface area contributed by atoms with Gasteiger partial charge in [-0.05, 0) is 41.5 Å². The van der Waals surface area contributed by atoms with Crippen molar-refractivity contribution in [1.29, 1.82) is 0 Å². The molecule has 0 saturated heterocycles. The van der Waals surface area contributed by atoms with Gasteiger partial charge in [0.05, 0.1) is 17.0 Å². The molecular weight excluding hydrogens is 400 g/mol. The number of amides is 2. The first-order valence-electron chi connectivity index (χ1n) is 9.28. The molecule has 1 aliphatic heterocycles. The van der Waals surface area contributed by atoms with E-state index in [0.29, 0.717) is 17.1 Å². The van der Waals surface area contributed by atoms with Gasteiger partial charge in [0, 0.05) is 10.6 Å². The van der Waals surface area contributed by atoms with Crippen molar-refractivity contribution in [3.05, 3.63) is 78.4 Å². The van der Waals surface area contributed by atoms with Crippen LogP contribution in [-0.2, 0) is 14.3 Å². The second kappa shape index (κ2) is 8.84. The lowest BCUT2D eigenvalue weighted by atomic mass is 10.1. The van der Waals surface area contributed by atoms with Gasteiger partial charge >= 0.3 is 5.97 Å². The van der Waals surface area contributed by atoms with Crippen molar-refractivity contribution in [2.45, 2.75) is 4.90 Å². The normalized spacial score (nSPS) is 12.5. The summed E-state index contributed by atoms with van der Waals surface area (Å²) in [6, 6.07) is 22.3. The largest absolute Gasteiger partial charge is 0.452 e. The third-order valence-corrected chi connectivity index (χ3v) is 5.53. The van der Waals surface area contributed by atoms with E-state index in [-0.39, 0.29) is 11.5 Å². The average molecular weight is 418 g/mol. The zero-order valence-corrected chi connectivity index (χ0v) is 16.7. The van der Waals surface area contributed by atoms with E-state index < -0.39 is 18.5 Å². The fraction of sp³-hybridized carbons (Fsp3) is 0.0870. The van der Waals surface area contributed by atoms with Crippen molar-refractivity contribution < 1.29 is 19.1 Å². The number of carbonyl (C=O) groups is 3. The lowest BCUT2D eigenvalue weighted by Gasteiger charge is -2.16. The van der Waals surface area contributed by atoms with E-state index in [4.69, 9.17) is 4.74 Å². The van der Waals surface area contributed by atoms with Crippen molar-refractivity contribution in [1.82, 2.24) is 0 Å².